The van der Waals surface area contributed by atoms with Crippen LogP contribution in [0.25, 0.3) is 5.52 Å². The van der Waals surface area contributed by atoms with Crippen molar-refractivity contribution in [3.63, 3.8) is 0 Å². The van der Waals surface area contributed by atoms with Crippen molar-refractivity contribution in [2.45, 2.75) is 4.90 Å². The van der Waals surface area contributed by atoms with Crippen molar-refractivity contribution >= 4 is 23.2 Å². The molecule has 0 spiro atoms. The molecule has 0 aromatic carbocycles. The standard InChI is InChI=1S/C10H10N2OS/c1-14-8-6-12-5-3-2-4-7(12)9(8)10(11)13/h2-6H,1H3,(H2,11,13). The molecule has 0 atom stereocenters. The maximum Gasteiger partial charge on any atom is 0.252 e. The Hall–Kier alpha value is -1.42. The number of hydrogen-bond donors (Lipinski definition) is 1. The van der Waals surface area contributed by atoms with Gasteiger partial charge in [-0.25, -0.2) is 0 Å². The molecule has 72 valence electrons. The zero-order valence-corrected chi connectivity index (χ0v) is 8.54. The molecule has 0 aliphatic carbocycles. The SMILES string of the molecule is CSc1cn2ccccc2c1C(N)=O. The number of hydrogen-bond acceptors (Lipinski definition) is 2. The van der Waals surface area contributed by atoms with Gasteiger partial charge in [0.05, 0.1) is 11.1 Å². The minimum Gasteiger partial charge on any atom is -0.365 e. The van der Waals surface area contributed by atoms with Crippen LogP contribution < -0.4 is 5.73 Å². The van der Waals surface area contributed by atoms with Gasteiger partial charge in [-0.05, 0) is 18.4 Å². The molecule has 14 heavy (non-hydrogen) atoms. The number of fused-ring (bicyclic) bond motifs is 1. The van der Waals surface area contributed by atoms with E-state index in [2.05, 4.69) is 0 Å². The second-order valence-electron chi connectivity index (χ2n) is 2.93. The maximum absolute atomic E-state index is 11.3. The second-order valence-corrected chi connectivity index (χ2v) is 3.78. The third-order valence-electron chi connectivity index (χ3n) is 2.12. The van der Waals surface area contributed by atoms with Crippen molar-refractivity contribution in [2.24, 2.45) is 5.73 Å². The quantitative estimate of drug-likeness (QED) is 0.761. The molecule has 0 aliphatic rings. The Morgan fingerprint density at radius 3 is 2.93 bits per heavy atom. The summed E-state index contributed by atoms with van der Waals surface area (Å²) in [7, 11) is 0. The number of nitrogens with two attached hydrogens (primary N) is 1. The van der Waals surface area contributed by atoms with Crippen LogP contribution >= 0.6 is 11.8 Å². The predicted octanol–water partition coefficient (Wildman–Crippen LogP) is 1.76. The molecule has 4 heteroatoms. The van der Waals surface area contributed by atoms with Gasteiger partial charge in [-0.1, -0.05) is 6.07 Å². The zero-order valence-electron chi connectivity index (χ0n) is 7.73. The number of thioether (sulfide) groups is 1. The molecule has 1 amide bonds. The lowest BCUT2D eigenvalue weighted by molar-refractivity contribution is 0.0999. The van der Waals surface area contributed by atoms with E-state index in [1.807, 2.05) is 41.2 Å². The Balaban J connectivity index is 2.81. The van der Waals surface area contributed by atoms with Crippen LogP contribution in [0.5, 0.6) is 0 Å². The molecule has 2 rings (SSSR count). The molecule has 0 unspecified atom stereocenters. The van der Waals surface area contributed by atoms with Crippen LogP contribution in [0.15, 0.2) is 35.5 Å². The Bertz CT molecular complexity index is 490. The number of carbonyl (C=O) groups excluding carboxylic acids is 1. The first kappa shape index (κ1) is 9.15. The minimum absolute atomic E-state index is 0.372. The van der Waals surface area contributed by atoms with Crippen molar-refractivity contribution in [2.75, 3.05) is 6.26 Å². The molecule has 0 radical (unpaired) electrons. The minimum atomic E-state index is -0.372. The number of amides is 1. The lowest BCUT2D eigenvalue weighted by Gasteiger charge is -1.96. The molecule has 0 saturated carbocycles. The van der Waals surface area contributed by atoms with Crippen molar-refractivity contribution in [1.82, 2.24) is 4.40 Å². The topological polar surface area (TPSA) is 47.5 Å². The predicted molar refractivity (Wildman–Crippen MR) is 57.7 cm³/mol. The van der Waals surface area contributed by atoms with E-state index in [-0.39, 0.29) is 5.91 Å². The highest BCUT2D eigenvalue weighted by Crippen LogP contribution is 2.25. The van der Waals surface area contributed by atoms with Gasteiger partial charge >= 0.3 is 0 Å². The first-order valence-corrected chi connectivity index (χ1v) is 5.40. The maximum atomic E-state index is 11.3. The van der Waals surface area contributed by atoms with Gasteiger partial charge in [0.15, 0.2) is 0 Å². The van der Waals surface area contributed by atoms with Gasteiger partial charge in [0.2, 0.25) is 0 Å². The Kier molecular flexibility index (Phi) is 2.21. The van der Waals surface area contributed by atoms with Crippen LogP contribution in [0.3, 0.4) is 0 Å². The summed E-state index contributed by atoms with van der Waals surface area (Å²) in [6.07, 6.45) is 5.75. The summed E-state index contributed by atoms with van der Waals surface area (Å²) in [6, 6.07) is 5.70. The van der Waals surface area contributed by atoms with E-state index in [4.69, 9.17) is 5.73 Å². The molecule has 0 bridgehead atoms. The summed E-state index contributed by atoms with van der Waals surface area (Å²) in [5.41, 5.74) is 6.81. The molecule has 3 nitrogen and oxygen atoms in total. The Morgan fingerprint density at radius 1 is 1.50 bits per heavy atom. The van der Waals surface area contributed by atoms with E-state index < -0.39 is 0 Å². The molecular formula is C10H10N2OS. The highest BCUT2D eigenvalue weighted by Gasteiger charge is 2.13. The zero-order chi connectivity index (χ0) is 10.1. The van der Waals surface area contributed by atoms with Gasteiger partial charge in [0.25, 0.3) is 5.91 Å². The first-order valence-electron chi connectivity index (χ1n) is 4.17. The number of pyridine rings is 1. The molecule has 0 fully saturated rings. The number of nitrogens with zero attached hydrogens (tertiary/aromatic N) is 1. The molecular weight excluding hydrogens is 196 g/mol. The highest BCUT2D eigenvalue weighted by atomic mass is 32.2. The lowest BCUT2D eigenvalue weighted by Crippen LogP contribution is -2.11. The number of primary amides is 1. The van der Waals surface area contributed by atoms with Crippen molar-refractivity contribution in [3.05, 3.63) is 36.2 Å². The van der Waals surface area contributed by atoms with Crippen LogP contribution in [0.1, 0.15) is 10.4 Å². The first-order chi connectivity index (χ1) is 6.74. The van der Waals surface area contributed by atoms with Gasteiger partial charge in [0.1, 0.15) is 0 Å². The monoisotopic (exact) mass is 206 g/mol. The third-order valence-corrected chi connectivity index (χ3v) is 2.86. The number of aromatic nitrogens is 1. The van der Waals surface area contributed by atoms with E-state index in [9.17, 15) is 4.79 Å². The average molecular weight is 206 g/mol. The van der Waals surface area contributed by atoms with Gasteiger partial charge < -0.3 is 10.1 Å². The summed E-state index contributed by atoms with van der Waals surface area (Å²) in [4.78, 5) is 12.2. The van der Waals surface area contributed by atoms with Crippen molar-refractivity contribution in [3.8, 4) is 0 Å². The molecule has 2 N–H and O–H groups in total. The second kappa shape index (κ2) is 3.38. The molecule has 2 aromatic heterocycles. The molecule has 0 saturated heterocycles. The largest absolute Gasteiger partial charge is 0.365 e. The van der Waals surface area contributed by atoms with Gasteiger partial charge in [-0.15, -0.1) is 11.8 Å². The number of rotatable bonds is 2. The number of carbonyl (C=O) groups is 1. The summed E-state index contributed by atoms with van der Waals surface area (Å²) in [5.74, 6) is -0.372. The fourth-order valence-corrected chi connectivity index (χ4v) is 2.13. The molecule has 0 aliphatic heterocycles. The van der Waals surface area contributed by atoms with Gasteiger partial charge in [-0.3, -0.25) is 4.79 Å². The van der Waals surface area contributed by atoms with Gasteiger partial charge in [-0.2, -0.15) is 0 Å². The van der Waals surface area contributed by atoms with Crippen LogP contribution in [-0.2, 0) is 0 Å². The summed E-state index contributed by atoms with van der Waals surface area (Å²) in [5, 5.41) is 0. The van der Waals surface area contributed by atoms with Gasteiger partial charge in [0, 0.05) is 17.3 Å². The third kappa shape index (κ3) is 1.28. The lowest BCUT2D eigenvalue weighted by atomic mass is 10.2. The van der Waals surface area contributed by atoms with Crippen LogP contribution in [-0.4, -0.2) is 16.6 Å². The molecule has 2 aromatic rings. The van der Waals surface area contributed by atoms with Crippen molar-refractivity contribution < 1.29 is 4.79 Å². The van der Waals surface area contributed by atoms with Crippen LogP contribution in [0, 0.1) is 0 Å². The Labute approximate surface area is 85.9 Å². The van der Waals surface area contributed by atoms with Crippen molar-refractivity contribution in [1.29, 1.82) is 0 Å². The van der Waals surface area contributed by atoms with E-state index in [1.54, 1.807) is 0 Å². The van der Waals surface area contributed by atoms with E-state index >= 15 is 0 Å². The van der Waals surface area contributed by atoms with Crippen LogP contribution in [0.2, 0.25) is 0 Å². The molecule has 2 heterocycles. The Morgan fingerprint density at radius 2 is 2.29 bits per heavy atom. The summed E-state index contributed by atoms with van der Waals surface area (Å²) < 4.78 is 1.91. The highest BCUT2D eigenvalue weighted by molar-refractivity contribution is 7.98. The fraction of sp³-hybridized carbons (Fsp3) is 0.100. The van der Waals surface area contributed by atoms with E-state index in [0.29, 0.717) is 5.56 Å². The fourth-order valence-electron chi connectivity index (χ4n) is 1.50. The average Bonchev–Trinajstić information content (AvgIpc) is 2.55. The smallest absolute Gasteiger partial charge is 0.252 e. The summed E-state index contributed by atoms with van der Waals surface area (Å²) >= 11 is 1.53. The van der Waals surface area contributed by atoms with E-state index in [1.165, 1.54) is 11.8 Å². The van der Waals surface area contributed by atoms with Crippen LogP contribution in [0.4, 0.5) is 0 Å². The van der Waals surface area contributed by atoms with E-state index in [0.717, 1.165) is 10.4 Å². The normalized spacial score (nSPS) is 10.6. The summed E-state index contributed by atoms with van der Waals surface area (Å²) in [6.45, 7) is 0.